The summed E-state index contributed by atoms with van der Waals surface area (Å²) in [5.41, 5.74) is 0.436. The van der Waals surface area contributed by atoms with E-state index in [1.54, 1.807) is 12.1 Å². The molecule has 1 aliphatic heterocycles. The van der Waals surface area contributed by atoms with Crippen molar-refractivity contribution in [2.45, 2.75) is 49.6 Å². The van der Waals surface area contributed by atoms with Crippen molar-refractivity contribution in [3.8, 4) is 17.2 Å². The average molecular weight is 406 g/mol. The minimum absolute atomic E-state index is 0.0527. The second-order valence-corrected chi connectivity index (χ2v) is 8.61. The molecule has 2 aromatic carbocycles. The molecular weight excluding hydrogens is 378 g/mol. The third-order valence-electron chi connectivity index (χ3n) is 5.44. The van der Waals surface area contributed by atoms with Gasteiger partial charge in [-0.2, -0.15) is 0 Å². The van der Waals surface area contributed by atoms with E-state index < -0.39 is 21.7 Å². The Morgan fingerprint density at radius 3 is 2.46 bits per heavy atom. The van der Waals surface area contributed by atoms with Crippen LogP contribution < -0.4 is 18.9 Å². The zero-order chi connectivity index (χ0) is 20.4. The van der Waals surface area contributed by atoms with Crippen molar-refractivity contribution in [1.82, 2.24) is 4.72 Å². The lowest BCUT2D eigenvalue weighted by molar-refractivity contribution is 0.0260. The highest BCUT2D eigenvalue weighted by atomic mass is 32.2. The summed E-state index contributed by atoms with van der Waals surface area (Å²) >= 11 is 0. The molecule has 0 saturated carbocycles. The van der Waals surface area contributed by atoms with Gasteiger partial charge < -0.3 is 14.2 Å². The third-order valence-corrected chi connectivity index (χ3v) is 6.94. The highest BCUT2D eigenvalue weighted by Crippen LogP contribution is 2.43. The van der Waals surface area contributed by atoms with Gasteiger partial charge in [0.15, 0.2) is 0 Å². The number of para-hydroxylation sites is 1. The smallest absolute Gasteiger partial charge is 0.244 e. The van der Waals surface area contributed by atoms with Crippen LogP contribution in [0, 0.1) is 0 Å². The molecule has 1 N–H and O–H groups in total. The van der Waals surface area contributed by atoms with Crippen LogP contribution in [0.3, 0.4) is 0 Å². The fourth-order valence-electron chi connectivity index (χ4n) is 3.65. The van der Waals surface area contributed by atoms with Crippen molar-refractivity contribution >= 4 is 10.0 Å². The number of methoxy groups -OCH3 is 2. The van der Waals surface area contributed by atoms with Crippen LogP contribution in [0.5, 0.6) is 17.2 Å². The van der Waals surface area contributed by atoms with Crippen LogP contribution in [0.25, 0.3) is 0 Å². The number of ether oxygens (including phenoxy) is 3. The molecule has 152 valence electrons. The molecule has 0 aliphatic carbocycles. The van der Waals surface area contributed by atoms with Gasteiger partial charge in [-0.25, -0.2) is 13.1 Å². The predicted octanol–water partition coefficient (Wildman–Crippen LogP) is 4.06. The van der Waals surface area contributed by atoms with Gasteiger partial charge in [-0.05, 0) is 31.0 Å². The number of benzene rings is 2. The normalized spacial score (nSPS) is 18.1. The van der Waals surface area contributed by atoms with Crippen LogP contribution in [0.1, 0.15) is 44.7 Å². The van der Waals surface area contributed by atoms with Gasteiger partial charge in [0.25, 0.3) is 0 Å². The zero-order valence-electron chi connectivity index (χ0n) is 16.7. The lowest BCUT2D eigenvalue weighted by atomic mass is 9.84. The van der Waals surface area contributed by atoms with E-state index in [1.165, 1.54) is 20.3 Å². The van der Waals surface area contributed by atoms with Crippen molar-refractivity contribution in [3.63, 3.8) is 0 Å². The van der Waals surface area contributed by atoms with Crippen molar-refractivity contribution in [1.29, 1.82) is 0 Å². The van der Waals surface area contributed by atoms with Gasteiger partial charge in [0, 0.05) is 18.1 Å². The summed E-state index contributed by atoms with van der Waals surface area (Å²) in [6, 6.07) is 11.9. The summed E-state index contributed by atoms with van der Waals surface area (Å²) in [6.07, 6.45) is 2.14. The molecule has 0 radical (unpaired) electrons. The minimum atomic E-state index is -3.86. The molecule has 0 unspecified atom stereocenters. The number of rotatable bonds is 7. The van der Waals surface area contributed by atoms with Crippen molar-refractivity contribution in [2.75, 3.05) is 14.2 Å². The molecule has 1 atom stereocenters. The van der Waals surface area contributed by atoms with Gasteiger partial charge in [-0.1, -0.05) is 32.0 Å². The van der Waals surface area contributed by atoms with Crippen LogP contribution in [-0.2, 0) is 10.0 Å². The Morgan fingerprint density at radius 2 is 1.82 bits per heavy atom. The van der Waals surface area contributed by atoms with Gasteiger partial charge in [-0.3, -0.25) is 0 Å². The van der Waals surface area contributed by atoms with Gasteiger partial charge in [0.2, 0.25) is 10.0 Å². The summed E-state index contributed by atoms with van der Waals surface area (Å²) < 4.78 is 46.1. The molecule has 3 rings (SSSR count). The number of fused-ring (bicyclic) bond motifs is 1. The van der Waals surface area contributed by atoms with E-state index >= 15 is 0 Å². The SMILES string of the molecule is CCC1(CC)C[C@@H](NS(=O)(=O)c2cc(OC)ccc2OC)c2ccccc2O1. The maximum absolute atomic E-state index is 13.3. The minimum Gasteiger partial charge on any atom is -0.497 e. The zero-order valence-corrected chi connectivity index (χ0v) is 17.5. The van der Waals surface area contributed by atoms with Crippen molar-refractivity contribution < 1.29 is 22.6 Å². The second-order valence-electron chi connectivity index (χ2n) is 6.92. The number of nitrogens with one attached hydrogen (secondary N) is 1. The van der Waals surface area contributed by atoms with Crippen molar-refractivity contribution in [2.24, 2.45) is 0 Å². The van der Waals surface area contributed by atoms with Gasteiger partial charge in [0.05, 0.1) is 20.3 Å². The standard InChI is InChI=1S/C21H27NO5S/c1-5-21(6-2)14-17(16-9-7-8-10-18(16)27-21)22-28(23,24)20-13-15(25-3)11-12-19(20)26-4/h7-13,17,22H,5-6,14H2,1-4H3/t17-/m1/s1. The fourth-order valence-corrected chi connectivity index (χ4v) is 5.05. The van der Waals surface area contributed by atoms with Crippen LogP contribution in [0.15, 0.2) is 47.4 Å². The first-order valence-corrected chi connectivity index (χ1v) is 10.9. The molecule has 0 bridgehead atoms. The van der Waals surface area contributed by atoms with E-state index in [0.29, 0.717) is 12.2 Å². The monoisotopic (exact) mass is 405 g/mol. The molecule has 1 aliphatic rings. The number of hydrogen-bond acceptors (Lipinski definition) is 5. The first-order chi connectivity index (χ1) is 13.4. The van der Waals surface area contributed by atoms with Gasteiger partial charge >= 0.3 is 0 Å². The molecule has 0 saturated heterocycles. The molecule has 0 fully saturated rings. The second kappa shape index (κ2) is 8.01. The van der Waals surface area contributed by atoms with Crippen LogP contribution in [0.2, 0.25) is 0 Å². The molecule has 6 nitrogen and oxygen atoms in total. The summed E-state index contributed by atoms with van der Waals surface area (Å²) in [5, 5.41) is 0. The molecular formula is C21H27NO5S. The highest BCUT2D eigenvalue weighted by molar-refractivity contribution is 7.89. The van der Waals surface area contributed by atoms with E-state index in [2.05, 4.69) is 18.6 Å². The largest absolute Gasteiger partial charge is 0.497 e. The van der Waals surface area contributed by atoms with Gasteiger partial charge in [0.1, 0.15) is 27.7 Å². The summed E-state index contributed by atoms with van der Waals surface area (Å²) in [6.45, 7) is 4.13. The Balaban J connectivity index is 2.02. The average Bonchev–Trinajstić information content (AvgIpc) is 2.72. The molecule has 0 spiro atoms. The third kappa shape index (κ3) is 3.82. The van der Waals surface area contributed by atoms with E-state index in [9.17, 15) is 8.42 Å². The Hall–Kier alpha value is -2.25. The molecule has 1 heterocycles. The Kier molecular flexibility index (Phi) is 5.86. The molecule has 7 heteroatoms. The van der Waals surface area contributed by atoms with E-state index in [4.69, 9.17) is 14.2 Å². The summed E-state index contributed by atoms with van der Waals surface area (Å²) in [7, 11) is -0.910. The summed E-state index contributed by atoms with van der Waals surface area (Å²) in [4.78, 5) is 0.0527. The Morgan fingerprint density at radius 1 is 1.11 bits per heavy atom. The van der Waals surface area contributed by atoms with Crippen LogP contribution in [-0.4, -0.2) is 28.2 Å². The lowest BCUT2D eigenvalue weighted by Gasteiger charge is -2.41. The molecule has 0 aromatic heterocycles. The Labute approximate surface area is 166 Å². The van der Waals surface area contributed by atoms with Crippen molar-refractivity contribution in [3.05, 3.63) is 48.0 Å². The van der Waals surface area contributed by atoms with Gasteiger partial charge in [-0.15, -0.1) is 0 Å². The lowest BCUT2D eigenvalue weighted by Crippen LogP contribution is -2.44. The van der Waals surface area contributed by atoms with E-state index in [0.717, 1.165) is 24.2 Å². The summed E-state index contributed by atoms with van der Waals surface area (Å²) in [5.74, 6) is 1.44. The van der Waals surface area contributed by atoms with Crippen LogP contribution in [0.4, 0.5) is 0 Å². The molecule has 0 amide bonds. The number of sulfonamides is 1. The first kappa shape index (κ1) is 20.5. The number of hydrogen-bond donors (Lipinski definition) is 1. The molecule has 2 aromatic rings. The fraction of sp³-hybridized carbons (Fsp3) is 0.429. The maximum atomic E-state index is 13.3. The quantitative estimate of drug-likeness (QED) is 0.752. The molecule has 28 heavy (non-hydrogen) atoms. The topological polar surface area (TPSA) is 73.9 Å². The first-order valence-electron chi connectivity index (χ1n) is 9.40. The predicted molar refractivity (Wildman–Crippen MR) is 108 cm³/mol. The maximum Gasteiger partial charge on any atom is 0.244 e. The Bertz CT molecular complexity index is 938. The highest BCUT2D eigenvalue weighted by Gasteiger charge is 2.40. The van der Waals surface area contributed by atoms with E-state index in [1.807, 2.05) is 24.3 Å². The van der Waals surface area contributed by atoms with E-state index in [-0.39, 0.29) is 10.6 Å². The van der Waals surface area contributed by atoms with Crippen LogP contribution >= 0.6 is 0 Å².